The van der Waals surface area contributed by atoms with Crippen LogP contribution in [0.1, 0.15) is 18.5 Å². The van der Waals surface area contributed by atoms with E-state index in [4.69, 9.17) is 0 Å². The number of nitrogens with one attached hydrogen (secondary N) is 1. The Morgan fingerprint density at radius 2 is 1.89 bits per heavy atom. The number of carbonyl (C=O) groups is 2. The van der Waals surface area contributed by atoms with Gasteiger partial charge in [0.15, 0.2) is 0 Å². The van der Waals surface area contributed by atoms with Gasteiger partial charge in [0, 0.05) is 11.8 Å². The van der Waals surface area contributed by atoms with Crippen molar-refractivity contribution in [1.82, 2.24) is 5.32 Å². The van der Waals surface area contributed by atoms with E-state index >= 15 is 0 Å². The predicted molar refractivity (Wildman–Crippen MR) is 63.1 cm³/mol. The van der Waals surface area contributed by atoms with Crippen LogP contribution in [0.2, 0.25) is 0 Å². The van der Waals surface area contributed by atoms with E-state index in [1.54, 1.807) is 37.3 Å². The van der Waals surface area contributed by atoms with Crippen molar-refractivity contribution in [2.75, 3.05) is 7.11 Å². The molecule has 1 rings (SSSR count). The molecule has 0 unspecified atom stereocenters. The number of hydrogen-bond donors (Lipinski definition) is 1. The maximum absolute atomic E-state index is 11.1. The van der Waals surface area contributed by atoms with Gasteiger partial charge >= 0.3 is 35.5 Å². The van der Waals surface area contributed by atoms with Crippen LogP contribution in [0.25, 0.3) is 0 Å². The molecule has 0 fully saturated rings. The first-order chi connectivity index (χ1) is 8.54. The number of rotatable bonds is 5. The van der Waals surface area contributed by atoms with Gasteiger partial charge < -0.3 is 20.0 Å². The van der Waals surface area contributed by atoms with Crippen molar-refractivity contribution in [3.63, 3.8) is 0 Å². The summed E-state index contributed by atoms with van der Waals surface area (Å²) < 4.78 is 4.45. The summed E-state index contributed by atoms with van der Waals surface area (Å²) in [5, 5.41) is 13.8. The van der Waals surface area contributed by atoms with Crippen LogP contribution in [0, 0.1) is 0 Å². The number of carboxylic acids is 1. The van der Waals surface area contributed by atoms with Crippen LogP contribution in [-0.2, 0) is 14.3 Å². The topological polar surface area (TPSA) is 78.5 Å². The zero-order chi connectivity index (χ0) is 13.5. The van der Waals surface area contributed by atoms with Crippen molar-refractivity contribution in [3.05, 3.63) is 47.7 Å². The van der Waals surface area contributed by atoms with E-state index in [0.29, 0.717) is 11.3 Å². The number of hydrogen-bond acceptors (Lipinski definition) is 5. The molecule has 0 amide bonds. The van der Waals surface area contributed by atoms with Crippen molar-refractivity contribution in [3.8, 4) is 0 Å². The smallest absolute Gasteiger partial charge is 0.548 e. The summed E-state index contributed by atoms with van der Waals surface area (Å²) in [6.45, 7) is 1.58. The minimum atomic E-state index is -1.26. The normalized spacial score (nSPS) is 12.0. The molecule has 0 heterocycles. The van der Waals surface area contributed by atoms with Gasteiger partial charge in [0.2, 0.25) is 0 Å². The molecule has 0 aliphatic carbocycles. The second kappa shape index (κ2) is 8.74. The first kappa shape index (κ1) is 17.7. The molecule has 1 atom stereocenters. The molecule has 0 bridgehead atoms. The fourth-order valence-corrected chi connectivity index (χ4v) is 1.43. The Bertz CT molecular complexity index is 459. The molecule has 0 spiro atoms. The number of methoxy groups -OCH3 is 1. The molecule has 1 aromatic carbocycles. The van der Waals surface area contributed by atoms with Crippen LogP contribution in [0.5, 0.6) is 0 Å². The van der Waals surface area contributed by atoms with Crippen molar-refractivity contribution in [2.45, 2.75) is 13.0 Å². The molecule has 0 radical (unpaired) electrons. The van der Waals surface area contributed by atoms with E-state index in [2.05, 4.69) is 10.1 Å². The van der Waals surface area contributed by atoms with Gasteiger partial charge in [-0.1, -0.05) is 30.3 Å². The van der Waals surface area contributed by atoms with Crippen molar-refractivity contribution < 1.29 is 49.0 Å². The number of aliphatic carboxylic acids is 1. The number of esters is 1. The van der Waals surface area contributed by atoms with E-state index in [1.165, 1.54) is 13.2 Å². The Labute approximate surface area is 133 Å². The summed E-state index contributed by atoms with van der Waals surface area (Å²) in [6, 6.07) is 7.57. The molecular formula is C13H14NNaO4. The third-order valence-corrected chi connectivity index (χ3v) is 2.28. The van der Waals surface area contributed by atoms with E-state index in [-0.39, 0.29) is 29.6 Å². The Balaban J connectivity index is 0.00000324. The Kier molecular flexibility index (Phi) is 8.14. The van der Waals surface area contributed by atoms with E-state index in [0.717, 1.165) is 0 Å². The largest absolute Gasteiger partial charge is 1.00 e. The number of allylic oxidation sites excluding steroid dienone is 1. The molecule has 1 aromatic rings. The van der Waals surface area contributed by atoms with Crippen molar-refractivity contribution in [1.29, 1.82) is 0 Å². The molecule has 0 aliphatic heterocycles. The van der Waals surface area contributed by atoms with Crippen LogP contribution in [0.4, 0.5) is 0 Å². The van der Waals surface area contributed by atoms with Gasteiger partial charge in [-0.25, -0.2) is 4.79 Å². The van der Waals surface area contributed by atoms with Gasteiger partial charge in [0.05, 0.1) is 19.1 Å². The summed E-state index contributed by atoms with van der Waals surface area (Å²) in [4.78, 5) is 22.1. The fraction of sp³-hybridized carbons (Fsp3) is 0.231. The quantitative estimate of drug-likeness (QED) is 0.354. The van der Waals surface area contributed by atoms with Crippen LogP contribution < -0.4 is 40.0 Å². The molecule has 6 heteroatoms. The average Bonchev–Trinajstić information content (AvgIpc) is 2.36. The number of carboxylic acid groups (broad SMARTS) is 1. The zero-order valence-corrected chi connectivity index (χ0v) is 13.2. The van der Waals surface area contributed by atoms with Gasteiger partial charge in [0.25, 0.3) is 0 Å². The first-order valence-electron chi connectivity index (χ1n) is 5.33. The Morgan fingerprint density at radius 3 is 2.37 bits per heavy atom. The van der Waals surface area contributed by atoms with Crippen LogP contribution in [0.15, 0.2) is 42.1 Å². The minimum absolute atomic E-state index is 0. The minimum Gasteiger partial charge on any atom is -0.548 e. The second-order valence-electron chi connectivity index (χ2n) is 3.66. The maximum atomic E-state index is 11.1. The SMILES string of the molecule is COC(=O)/C=C(/C)N[C@H](C(=O)[O-])c1ccccc1.[Na+]. The van der Waals surface area contributed by atoms with Gasteiger partial charge in [0.1, 0.15) is 0 Å². The number of benzene rings is 1. The summed E-state index contributed by atoms with van der Waals surface area (Å²) in [6.07, 6.45) is 1.18. The van der Waals surface area contributed by atoms with Gasteiger partial charge in [-0.2, -0.15) is 0 Å². The van der Waals surface area contributed by atoms with Crippen molar-refractivity contribution >= 4 is 11.9 Å². The first-order valence-corrected chi connectivity index (χ1v) is 5.33. The summed E-state index contributed by atoms with van der Waals surface area (Å²) in [5.41, 5.74) is 0.940. The molecular weight excluding hydrogens is 257 g/mol. The van der Waals surface area contributed by atoms with Crippen LogP contribution >= 0.6 is 0 Å². The summed E-state index contributed by atoms with van der Waals surface area (Å²) in [7, 11) is 1.25. The molecule has 0 saturated carbocycles. The maximum Gasteiger partial charge on any atom is 1.00 e. The van der Waals surface area contributed by atoms with Gasteiger partial charge in [-0.05, 0) is 12.5 Å². The third-order valence-electron chi connectivity index (χ3n) is 2.28. The third kappa shape index (κ3) is 5.92. The van der Waals surface area contributed by atoms with E-state index in [1.807, 2.05) is 0 Å². The molecule has 1 N–H and O–H groups in total. The Morgan fingerprint density at radius 1 is 1.32 bits per heavy atom. The molecule has 0 aromatic heterocycles. The second-order valence-corrected chi connectivity index (χ2v) is 3.66. The average molecular weight is 271 g/mol. The molecule has 5 nitrogen and oxygen atoms in total. The van der Waals surface area contributed by atoms with Gasteiger partial charge in [-0.3, -0.25) is 0 Å². The van der Waals surface area contributed by atoms with Crippen LogP contribution in [-0.4, -0.2) is 19.0 Å². The standard InChI is InChI=1S/C13H15NO4.Na/c1-9(8-11(15)18-2)14-12(13(16)17)10-6-4-3-5-7-10;/h3-8,12,14H,1-2H3,(H,16,17);/q;+1/p-1/b9-8-;/t12-;/m0./s1. The number of ether oxygens (including phenoxy) is 1. The molecule has 0 aliphatic rings. The van der Waals surface area contributed by atoms with E-state index in [9.17, 15) is 14.7 Å². The predicted octanol–water partition coefficient (Wildman–Crippen LogP) is -2.85. The van der Waals surface area contributed by atoms with Crippen molar-refractivity contribution in [2.24, 2.45) is 0 Å². The summed E-state index contributed by atoms with van der Waals surface area (Å²) in [5.74, 6) is -1.82. The summed E-state index contributed by atoms with van der Waals surface area (Å²) >= 11 is 0. The van der Waals surface area contributed by atoms with Crippen LogP contribution in [0.3, 0.4) is 0 Å². The van der Waals surface area contributed by atoms with Gasteiger partial charge in [-0.15, -0.1) is 0 Å². The monoisotopic (exact) mass is 271 g/mol. The zero-order valence-electron chi connectivity index (χ0n) is 11.2. The Hall–Kier alpha value is -1.30. The fourth-order valence-electron chi connectivity index (χ4n) is 1.43. The number of carbonyl (C=O) groups excluding carboxylic acids is 2. The van der Waals surface area contributed by atoms with E-state index < -0.39 is 18.0 Å². The molecule has 19 heavy (non-hydrogen) atoms. The molecule has 96 valence electrons. The molecule has 0 saturated heterocycles.